The van der Waals surface area contributed by atoms with Gasteiger partial charge in [-0.2, -0.15) is 0 Å². The second-order valence-corrected chi connectivity index (χ2v) is 9.11. The van der Waals surface area contributed by atoms with Crippen molar-refractivity contribution in [2.24, 2.45) is 0 Å². The van der Waals surface area contributed by atoms with Gasteiger partial charge in [-0.25, -0.2) is 8.42 Å². The molecule has 0 amide bonds. The largest absolute Gasteiger partial charge is 1.00 e. The van der Waals surface area contributed by atoms with Gasteiger partial charge in [0.2, 0.25) is 0 Å². The van der Waals surface area contributed by atoms with Gasteiger partial charge in [0.15, 0.2) is 0 Å². The van der Waals surface area contributed by atoms with Crippen molar-refractivity contribution in [1.29, 1.82) is 0 Å². The SMILES string of the molecule is CCCCCCCCCCC(CCCCC(O)CCCC)S(=O)(=O)[O-].[Na+]. The van der Waals surface area contributed by atoms with Crippen LogP contribution in [0.1, 0.15) is 117 Å². The molecule has 0 spiro atoms. The molecule has 6 heteroatoms. The van der Waals surface area contributed by atoms with Gasteiger partial charge >= 0.3 is 29.6 Å². The van der Waals surface area contributed by atoms with E-state index < -0.39 is 15.4 Å². The minimum absolute atomic E-state index is 0. The molecule has 0 saturated heterocycles. The fraction of sp³-hybridized carbons (Fsp3) is 1.00. The molecule has 0 aromatic carbocycles. The van der Waals surface area contributed by atoms with Crippen LogP contribution in [0.5, 0.6) is 0 Å². The van der Waals surface area contributed by atoms with Gasteiger partial charge in [0.1, 0.15) is 0 Å². The fourth-order valence-electron chi connectivity index (χ4n) is 3.27. The monoisotopic (exact) mass is 400 g/mol. The van der Waals surface area contributed by atoms with Gasteiger partial charge < -0.3 is 9.66 Å². The fourth-order valence-corrected chi connectivity index (χ4v) is 4.19. The van der Waals surface area contributed by atoms with Crippen LogP contribution >= 0.6 is 0 Å². The standard InChI is InChI=1S/C20H42O4S.Na/c1-3-5-7-8-9-10-11-12-17-20(25(22,23)24)18-14-13-16-19(21)15-6-4-2;/h19-21H,3-18H2,1-2H3,(H,22,23,24);/q;+1/p-1. The average Bonchev–Trinajstić information content (AvgIpc) is 2.56. The van der Waals surface area contributed by atoms with E-state index in [2.05, 4.69) is 13.8 Å². The smallest absolute Gasteiger partial charge is 0.748 e. The molecular formula is C20H41NaO4S. The van der Waals surface area contributed by atoms with Crippen molar-refractivity contribution in [3.63, 3.8) is 0 Å². The Balaban J connectivity index is 0. The van der Waals surface area contributed by atoms with E-state index in [0.717, 1.165) is 44.9 Å². The summed E-state index contributed by atoms with van der Waals surface area (Å²) >= 11 is 0. The molecule has 0 aliphatic rings. The van der Waals surface area contributed by atoms with Gasteiger partial charge in [-0.15, -0.1) is 0 Å². The van der Waals surface area contributed by atoms with Gasteiger partial charge in [-0.1, -0.05) is 90.9 Å². The van der Waals surface area contributed by atoms with Crippen molar-refractivity contribution in [2.75, 3.05) is 0 Å². The summed E-state index contributed by atoms with van der Waals surface area (Å²) in [7, 11) is -4.20. The zero-order valence-electron chi connectivity index (χ0n) is 17.5. The molecule has 4 nitrogen and oxygen atoms in total. The molecule has 0 aliphatic heterocycles. The molecule has 0 bridgehead atoms. The summed E-state index contributed by atoms with van der Waals surface area (Å²) in [6.07, 6.45) is 15.1. The number of hydrogen-bond donors (Lipinski definition) is 1. The van der Waals surface area contributed by atoms with Gasteiger partial charge in [-0.3, -0.25) is 0 Å². The van der Waals surface area contributed by atoms with Crippen molar-refractivity contribution in [3.8, 4) is 0 Å². The summed E-state index contributed by atoms with van der Waals surface area (Å²) < 4.78 is 34.3. The molecule has 0 radical (unpaired) electrons. The molecule has 2 atom stereocenters. The Kier molecular flexibility index (Phi) is 21.5. The summed E-state index contributed by atoms with van der Waals surface area (Å²) in [5, 5.41) is 9.07. The Morgan fingerprint density at radius 3 is 1.58 bits per heavy atom. The van der Waals surface area contributed by atoms with E-state index in [1.165, 1.54) is 32.1 Å². The van der Waals surface area contributed by atoms with E-state index in [0.29, 0.717) is 25.7 Å². The maximum Gasteiger partial charge on any atom is 1.00 e. The van der Waals surface area contributed by atoms with Gasteiger partial charge in [0.25, 0.3) is 0 Å². The molecule has 0 fully saturated rings. The Labute approximate surface area is 185 Å². The third kappa shape index (κ3) is 18.2. The van der Waals surface area contributed by atoms with Gasteiger partial charge in [0.05, 0.1) is 16.2 Å². The van der Waals surface area contributed by atoms with Crippen molar-refractivity contribution in [3.05, 3.63) is 0 Å². The van der Waals surface area contributed by atoms with E-state index in [-0.39, 0.29) is 35.7 Å². The minimum Gasteiger partial charge on any atom is -0.748 e. The number of aliphatic hydroxyl groups is 1. The first-order valence-corrected chi connectivity index (χ1v) is 12.0. The Bertz CT molecular complexity index is 387. The van der Waals surface area contributed by atoms with E-state index in [1.54, 1.807) is 0 Å². The van der Waals surface area contributed by atoms with Crippen molar-refractivity contribution in [1.82, 2.24) is 0 Å². The zero-order chi connectivity index (χ0) is 19.0. The summed E-state index contributed by atoms with van der Waals surface area (Å²) in [5.41, 5.74) is 0. The summed E-state index contributed by atoms with van der Waals surface area (Å²) in [6.45, 7) is 4.30. The molecular weight excluding hydrogens is 359 g/mol. The molecule has 2 unspecified atom stereocenters. The van der Waals surface area contributed by atoms with Crippen LogP contribution in [0.15, 0.2) is 0 Å². The zero-order valence-corrected chi connectivity index (χ0v) is 20.4. The van der Waals surface area contributed by atoms with Crippen LogP contribution in [0.4, 0.5) is 0 Å². The van der Waals surface area contributed by atoms with Crippen molar-refractivity contribution < 1.29 is 47.6 Å². The van der Waals surface area contributed by atoms with E-state index in [1.807, 2.05) is 0 Å². The molecule has 0 aliphatic carbocycles. The van der Waals surface area contributed by atoms with Gasteiger partial charge in [-0.05, 0) is 25.7 Å². The Hall–Kier alpha value is 0.870. The molecule has 0 rings (SSSR count). The number of rotatable bonds is 18. The number of hydrogen-bond acceptors (Lipinski definition) is 4. The quantitative estimate of drug-likeness (QED) is 0.218. The predicted octanol–water partition coefficient (Wildman–Crippen LogP) is 2.55. The molecule has 0 saturated carbocycles. The van der Waals surface area contributed by atoms with Crippen molar-refractivity contribution in [2.45, 2.75) is 128 Å². The Morgan fingerprint density at radius 2 is 1.08 bits per heavy atom. The van der Waals surface area contributed by atoms with Gasteiger partial charge in [0, 0.05) is 5.25 Å². The molecule has 0 aromatic heterocycles. The first-order chi connectivity index (χ1) is 11.9. The van der Waals surface area contributed by atoms with E-state index >= 15 is 0 Å². The summed E-state index contributed by atoms with van der Waals surface area (Å²) in [6, 6.07) is 0. The van der Waals surface area contributed by atoms with Crippen LogP contribution < -0.4 is 29.6 Å². The summed E-state index contributed by atoms with van der Waals surface area (Å²) in [5.74, 6) is 0. The van der Waals surface area contributed by atoms with Crippen LogP contribution in [-0.2, 0) is 10.1 Å². The average molecular weight is 401 g/mol. The third-order valence-corrected chi connectivity index (χ3v) is 6.28. The molecule has 152 valence electrons. The van der Waals surface area contributed by atoms with Crippen molar-refractivity contribution >= 4 is 10.1 Å². The maximum atomic E-state index is 11.4. The molecule has 0 aromatic rings. The van der Waals surface area contributed by atoms with Crippen LogP contribution in [0.2, 0.25) is 0 Å². The van der Waals surface area contributed by atoms with Crippen LogP contribution in [0, 0.1) is 0 Å². The second kappa shape index (κ2) is 19.2. The third-order valence-electron chi connectivity index (χ3n) is 4.99. The normalized spacial score (nSPS) is 14.0. The molecule has 26 heavy (non-hydrogen) atoms. The molecule has 1 N–H and O–H groups in total. The Morgan fingerprint density at radius 1 is 0.692 bits per heavy atom. The van der Waals surface area contributed by atoms with E-state index in [4.69, 9.17) is 0 Å². The van der Waals surface area contributed by atoms with Crippen LogP contribution in [0.25, 0.3) is 0 Å². The van der Waals surface area contributed by atoms with Crippen LogP contribution in [-0.4, -0.2) is 29.4 Å². The first kappa shape index (κ1) is 29.1. The van der Waals surface area contributed by atoms with E-state index in [9.17, 15) is 18.1 Å². The molecule has 0 heterocycles. The minimum atomic E-state index is -4.20. The maximum absolute atomic E-state index is 11.4. The second-order valence-electron chi connectivity index (χ2n) is 7.46. The topological polar surface area (TPSA) is 77.4 Å². The number of unbranched alkanes of at least 4 members (excludes halogenated alkanes) is 9. The van der Waals surface area contributed by atoms with Crippen LogP contribution in [0.3, 0.4) is 0 Å². The first-order valence-electron chi connectivity index (χ1n) is 10.5. The summed E-state index contributed by atoms with van der Waals surface area (Å²) in [4.78, 5) is 0. The predicted molar refractivity (Wildman–Crippen MR) is 105 cm³/mol. The number of aliphatic hydroxyl groups excluding tert-OH is 1.